The third-order valence-electron chi connectivity index (χ3n) is 7.37. The second kappa shape index (κ2) is 12.6. The van der Waals surface area contributed by atoms with Crippen LogP contribution >= 0.6 is 11.6 Å². The number of likely N-dealkylation sites (tertiary alicyclic amines) is 1. The van der Waals surface area contributed by atoms with Crippen LogP contribution in [0.2, 0.25) is 5.02 Å². The number of β-amino-alcohol motifs (C(OH)–C–C–N with tert-alkyl or cyclic N) is 1. The predicted octanol–water partition coefficient (Wildman–Crippen LogP) is 3.12. The lowest BCUT2D eigenvalue weighted by molar-refractivity contribution is -0.134. The van der Waals surface area contributed by atoms with E-state index < -0.39 is 12.1 Å². The molecule has 2 fully saturated rings. The number of hydrogen-bond acceptors (Lipinski definition) is 7. The quantitative estimate of drug-likeness (QED) is 0.401. The SMILES string of the molecule is Nc1cc(N2CCN(C(=O)N[C@H]3CCCCN(CC(O)COc4ccccc4)C3=O)CC2)c2ccc(Cl)cc2n1. The van der Waals surface area contributed by atoms with Gasteiger partial charge in [-0.15, -0.1) is 0 Å². The number of aromatic nitrogens is 1. The molecule has 0 bridgehead atoms. The molecular formula is C29H35ClN6O4. The van der Waals surface area contributed by atoms with E-state index >= 15 is 0 Å². The first-order chi connectivity index (χ1) is 19.4. The lowest BCUT2D eigenvalue weighted by Crippen LogP contribution is -2.56. The average molecular weight is 567 g/mol. The average Bonchev–Trinajstić information content (AvgIpc) is 3.12. The number of fused-ring (bicyclic) bond motifs is 1. The van der Waals surface area contributed by atoms with E-state index in [4.69, 9.17) is 22.1 Å². The highest BCUT2D eigenvalue weighted by molar-refractivity contribution is 6.31. The fourth-order valence-corrected chi connectivity index (χ4v) is 5.46. The standard InChI is InChI=1S/C29H35ClN6O4/c30-20-9-10-23-25(16-20)32-27(31)17-26(23)34-12-14-35(15-13-34)29(39)33-24-8-4-5-11-36(28(24)38)18-21(37)19-40-22-6-2-1-3-7-22/h1-3,6-7,9-10,16-17,21,24,37H,4-5,8,11-15,18-19H2,(H2,31,32)(H,33,39)/t21?,24-/m0/s1. The highest BCUT2D eigenvalue weighted by Crippen LogP contribution is 2.30. The number of halogens is 1. The van der Waals surface area contributed by atoms with Gasteiger partial charge >= 0.3 is 6.03 Å². The zero-order chi connectivity index (χ0) is 28.1. The molecule has 11 heteroatoms. The highest BCUT2D eigenvalue weighted by Gasteiger charge is 2.31. The summed E-state index contributed by atoms with van der Waals surface area (Å²) in [7, 11) is 0. The molecule has 4 N–H and O–H groups in total. The number of hydrogen-bond donors (Lipinski definition) is 3. The van der Waals surface area contributed by atoms with Crippen LogP contribution in [-0.2, 0) is 4.79 Å². The molecular weight excluding hydrogens is 532 g/mol. The van der Waals surface area contributed by atoms with Crippen LogP contribution in [0.5, 0.6) is 5.75 Å². The summed E-state index contributed by atoms with van der Waals surface area (Å²) in [6.07, 6.45) is 1.37. The zero-order valence-corrected chi connectivity index (χ0v) is 23.1. The molecule has 1 aromatic heterocycles. The summed E-state index contributed by atoms with van der Waals surface area (Å²) >= 11 is 6.14. The molecule has 2 aromatic carbocycles. The molecule has 10 nitrogen and oxygen atoms in total. The van der Waals surface area contributed by atoms with Gasteiger partial charge in [0.05, 0.1) is 5.52 Å². The van der Waals surface area contributed by atoms with Gasteiger partial charge in [-0.3, -0.25) is 4.79 Å². The molecule has 2 aliphatic heterocycles. The molecule has 2 aliphatic rings. The van der Waals surface area contributed by atoms with E-state index in [2.05, 4.69) is 15.2 Å². The van der Waals surface area contributed by atoms with Gasteiger partial charge < -0.3 is 35.6 Å². The number of nitrogens with two attached hydrogens (primary N) is 1. The number of urea groups is 1. The zero-order valence-electron chi connectivity index (χ0n) is 22.3. The number of nitrogens with zero attached hydrogens (tertiary/aromatic N) is 4. The summed E-state index contributed by atoms with van der Waals surface area (Å²) in [5.41, 5.74) is 7.75. The summed E-state index contributed by atoms with van der Waals surface area (Å²) in [6, 6.07) is 15.8. The fourth-order valence-electron chi connectivity index (χ4n) is 5.29. The molecule has 1 unspecified atom stereocenters. The number of anilines is 2. The summed E-state index contributed by atoms with van der Waals surface area (Å²) in [5.74, 6) is 0.915. The lowest BCUT2D eigenvalue weighted by Gasteiger charge is -2.37. The van der Waals surface area contributed by atoms with Crippen molar-refractivity contribution in [1.29, 1.82) is 0 Å². The van der Waals surface area contributed by atoms with Crippen LogP contribution < -0.4 is 20.7 Å². The number of nitrogens with one attached hydrogen (secondary N) is 1. The van der Waals surface area contributed by atoms with Crippen LogP contribution in [0.3, 0.4) is 0 Å². The predicted molar refractivity (Wildman–Crippen MR) is 156 cm³/mol. The maximum Gasteiger partial charge on any atom is 0.318 e. The van der Waals surface area contributed by atoms with Crippen molar-refractivity contribution in [3.63, 3.8) is 0 Å². The number of aliphatic hydroxyl groups excluding tert-OH is 1. The monoisotopic (exact) mass is 566 g/mol. The normalized spacial score (nSPS) is 18.9. The molecule has 0 saturated carbocycles. The van der Waals surface area contributed by atoms with E-state index in [0.717, 1.165) is 29.4 Å². The van der Waals surface area contributed by atoms with Gasteiger partial charge in [0.2, 0.25) is 5.91 Å². The van der Waals surface area contributed by atoms with E-state index in [-0.39, 0.29) is 25.1 Å². The van der Waals surface area contributed by atoms with Crippen molar-refractivity contribution in [3.05, 3.63) is 59.6 Å². The summed E-state index contributed by atoms with van der Waals surface area (Å²) in [6.45, 7) is 3.03. The van der Waals surface area contributed by atoms with Crippen LogP contribution in [0.15, 0.2) is 54.6 Å². The number of pyridine rings is 1. The van der Waals surface area contributed by atoms with Crippen molar-refractivity contribution in [2.24, 2.45) is 0 Å². The number of carbonyl (C=O) groups excluding carboxylic acids is 2. The third kappa shape index (κ3) is 6.68. The van der Waals surface area contributed by atoms with E-state index in [0.29, 0.717) is 55.7 Å². The van der Waals surface area contributed by atoms with E-state index in [1.54, 1.807) is 15.9 Å². The minimum Gasteiger partial charge on any atom is -0.491 e. The third-order valence-corrected chi connectivity index (χ3v) is 7.61. The van der Waals surface area contributed by atoms with Crippen LogP contribution in [0.1, 0.15) is 19.3 Å². The van der Waals surface area contributed by atoms with Gasteiger partial charge in [0.15, 0.2) is 0 Å². The number of aliphatic hydroxyl groups is 1. The number of ether oxygens (including phenoxy) is 1. The van der Waals surface area contributed by atoms with Gasteiger partial charge in [0, 0.05) is 61.4 Å². The minimum atomic E-state index is -0.832. The molecule has 2 atom stereocenters. The van der Waals surface area contributed by atoms with Crippen molar-refractivity contribution in [3.8, 4) is 5.75 Å². The number of rotatable bonds is 7. The molecule has 5 rings (SSSR count). The van der Waals surface area contributed by atoms with Crippen molar-refractivity contribution < 1.29 is 19.4 Å². The molecule has 40 heavy (non-hydrogen) atoms. The molecule has 0 radical (unpaired) electrons. The maximum absolute atomic E-state index is 13.3. The van der Waals surface area contributed by atoms with Crippen molar-refractivity contribution >= 4 is 45.9 Å². The van der Waals surface area contributed by atoms with Crippen LogP contribution in [-0.4, -0.2) is 89.8 Å². The smallest absolute Gasteiger partial charge is 0.318 e. The fraction of sp³-hybridized carbons (Fsp3) is 0.414. The van der Waals surface area contributed by atoms with E-state index in [1.165, 1.54) is 0 Å². The molecule has 3 heterocycles. The van der Waals surface area contributed by atoms with E-state index in [1.807, 2.05) is 48.5 Å². The topological polar surface area (TPSA) is 124 Å². The van der Waals surface area contributed by atoms with Crippen molar-refractivity contribution in [1.82, 2.24) is 20.1 Å². The Morgan fingerprint density at radius 3 is 2.65 bits per heavy atom. The Morgan fingerprint density at radius 2 is 1.88 bits per heavy atom. The lowest BCUT2D eigenvalue weighted by atomic mass is 10.1. The second-order valence-electron chi connectivity index (χ2n) is 10.3. The number of nitrogen functional groups attached to an aromatic ring is 1. The molecule has 3 aromatic rings. The minimum absolute atomic E-state index is 0.0839. The number of carbonyl (C=O) groups is 2. The van der Waals surface area contributed by atoms with Gasteiger partial charge in [-0.05, 0) is 49.6 Å². The number of para-hydroxylation sites is 1. The Kier molecular flexibility index (Phi) is 8.76. The van der Waals surface area contributed by atoms with E-state index in [9.17, 15) is 14.7 Å². The first-order valence-electron chi connectivity index (χ1n) is 13.7. The molecule has 2 saturated heterocycles. The maximum atomic E-state index is 13.3. The van der Waals surface area contributed by atoms with Gasteiger partial charge in [0.1, 0.15) is 30.3 Å². The Labute approximate surface area is 238 Å². The Balaban J connectivity index is 1.15. The summed E-state index contributed by atoms with van der Waals surface area (Å²) < 4.78 is 5.64. The second-order valence-corrected chi connectivity index (χ2v) is 10.7. The molecule has 212 valence electrons. The van der Waals surface area contributed by atoms with Crippen molar-refractivity contribution in [2.75, 3.05) is 56.5 Å². The first-order valence-corrected chi connectivity index (χ1v) is 14.1. The Morgan fingerprint density at radius 1 is 1.10 bits per heavy atom. The Hall–Kier alpha value is -3.76. The number of amides is 3. The van der Waals surface area contributed by atoms with Gasteiger partial charge in [0.25, 0.3) is 0 Å². The molecule has 0 aliphatic carbocycles. The highest BCUT2D eigenvalue weighted by atomic mass is 35.5. The van der Waals surface area contributed by atoms with Crippen LogP contribution in [0.25, 0.3) is 10.9 Å². The number of benzene rings is 2. The first kappa shape index (κ1) is 27.8. The van der Waals surface area contributed by atoms with Crippen LogP contribution in [0, 0.1) is 0 Å². The van der Waals surface area contributed by atoms with Gasteiger partial charge in [-0.25, -0.2) is 9.78 Å². The molecule has 3 amide bonds. The summed E-state index contributed by atoms with van der Waals surface area (Å²) in [4.78, 5) is 36.4. The van der Waals surface area contributed by atoms with Gasteiger partial charge in [-0.1, -0.05) is 29.8 Å². The molecule has 0 spiro atoms. The largest absolute Gasteiger partial charge is 0.491 e. The van der Waals surface area contributed by atoms with Crippen molar-refractivity contribution in [2.45, 2.75) is 31.4 Å². The number of piperazine rings is 1. The van der Waals surface area contributed by atoms with Gasteiger partial charge in [-0.2, -0.15) is 0 Å². The summed E-state index contributed by atoms with van der Waals surface area (Å²) in [5, 5.41) is 15.0. The Bertz CT molecular complexity index is 1330. The van der Waals surface area contributed by atoms with Crippen LogP contribution in [0.4, 0.5) is 16.3 Å².